The third kappa shape index (κ3) is 2.97. The number of carbonyl (C=O) groups is 2. The van der Waals surface area contributed by atoms with Crippen molar-refractivity contribution in [2.75, 3.05) is 13.2 Å². The second-order valence-electron chi connectivity index (χ2n) is 4.76. The van der Waals surface area contributed by atoms with Gasteiger partial charge in [-0.15, -0.1) is 0 Å². The minimum Gasteiger partial charge on any atom is -0.480 e. The lowest BCUT2D eigenvalue weighted by Crippen LogP contribution is -2.39. The van der Waals surface area contributed by atoms with E-state index in [1.807, 2.05) is 0 Å². The summed E-state index contributed by atoms with van der Waals surface area (Å²) in [6.45, 7) is 1.39. The quantitative estimate of drug-likeness (QED) is 0.780. The standard InChI is InChI=1S/C12H19NO4/c14-11-6-5-10(12(15)16)13(11)7-1-3-9-4-2-8-17-9/h9-10H,1-8H2,(H,15,16). The topological polar surface area (TPSA) is 66.8 Å². The van der Waals surface area contributed by atoms with E-state index in [0.717, 1.165) is 32.3 Å². The van der Waals surface area contributed by atoms with Crippen LogP contribution in [0.3, 0.4) is 0 Å². The van der Waals surface area contributed by atoms with Crippen LogP contribution in [0.2, 0.25) is 0 Å². The molecule has 0 bridgehead atoms. The largest absolute Gasteiger partial charge is 0.480 e. The molecule has 2 aliphatic rings. The summed E-state index contributed by atoms with van der Waals surface area (Å²) in [5, 5.41) is 8.99. The Morgan fingerprint density at radius 3 is 2.94 bits per heavy atom. The van der Waals surface area contributed by atoms with E-state index in [0.29, 0.717) is 25.5 Å². The van der Waals surface area contributed by atoms with Crippen molar-refractivity contribution in [2.24, 2.45) is 0 Å². The normalized spacial score (nSPS) is 28.9. The van der Waals surface area contributed by atoms with E-state index in [1.54, 1.807) is 0 Å². The first kappa shape index (κ1) is 12.4. The molecular formula is C12H19NO4. The van der Waals surface area contributed by atoms with Gasteiger partial charge in [0.05, 0.1) is 6.10 Å². The first-order chi connectivity index (χ1) is 8.18. The van der Waals surface area contributed by atoms with Gasteiger partial charge in [0.1, 0.15) is 6.04 Å². The number of amides is 1. The summed E-state index contributed by atoms with van der Waals surface area (Å²) >= 11 is 0. The van der Waals surface area contributed by atoms with Gasteiger partial charge in [-0.25, -0.2) is 4.79 Å². The fourth-order valence-electron chi connectivity index (χ4n) is 2.63. The molecule has 2 rings (SSSR count). The van der Waals surface area contributed by atoms with Gasteiger partial charge in [0.2, 0.25) is 5.91 Å². The zero-order valence-corrected chi connectivity index (χ0v) is 9.93. The number of ether oxygens (including phenoxy) is 1. The zero-order valence-electron chi connectivity index (χ0n) is 9.93. The van der Waals surface area contributed by atoms with Gasteiger partial charge in [0.15, 0.2) is 0 Å². The van der Waals surface area contributed by atoms with E-state index in [1.165, 1.54) is 4.90 Å². The first-order valence-corrected chi connectivity index (χ1v) is 6.32. The molecule has 96 valence electrons. The number of nitrogens with zero attached hydrogens (tertiary/aromatic N) is 1. The number of likely N-dealkylation sites (tertiary alicyclic amines) is 1. The van der Waals surface area contributed by atoms with Crippen LogP contribution in [-0.4, -0.2) is 47.2 Å². The summed E-state index contributed by atoms with van der Waals surface area (Å²) in [5.74, 6) is -0.905. The first-order valence-electron chi connectivity index (χ1n) is 6.32. The van der Waals surface area contributed by atoms with E-state index in [-0.39, 0.29) is 5.91 Å². The highest BCUT2D eigenvalue weighted by Crippen LogP contribution is 2.21. The molecular weight excluding hydrogens is 222 g/mol. The van der Waals surface area contributed by atoms with Crippen molar-refractivity contribution in [3.8, 4) is 0 Å². The molecule has 0 aromatic heterocycles. The Morgan fingerprint density at radius 2 is 2.29 bits per heavy atom. The summed E-state index contributed by atoms with van der Waals surface area (Å²) in [5.41, 5.74) is 0. The highest BCUT2D eigenvalue weighted by molar-refractivity contribution is 5.87. The van der Waals surface area contributed by atoms with Gasteiger partial charge in [-0.1, -0.05) is 0 Å². The average molecular weight is 241 g/mol. The van der Waals surface area contributed by atoms with Crippen LogP contribution in [0.4, 0.5) is 0 Å². The van der Waals surface area contributed by atoms with Crippen molar-refractivity contribution in [1.29, 1.82) is 0 Å². The summed E-state index contributed by atoms with van der Waals surface area (Å²) in [6.07, 6.45) is 5.11. The van der Waals surface area contributed by atoms with Crippen molar-refractivity contribution in [1.82, 2.24) is 4.90 Å². The summed E-state index contributed by atoms with van der Waals surface area (Å²) in [4.78, 5) is 24.0. The smallest absolute Gasteiger partial charge is 0.326 e. The molecule has 0 saturated carbocycles. The highest BCUT2D eigenvalue weighted by Gasteiger charge is 2.35. The van der Waals surface area contributed by atoms with Crippen molar-refractivity contribution in [2.45, 2.75) is 50.7 Å². The molecule has 0 aliphatic carbocycles. The molecule has 2 atom stereocenters. The molecule has 5 heteroatoms. The van der Waals surface area contributed by atoms with Gasteiger partial charge < -0.3 is 14.7 Å². The van der Waals surface area contributed by atoms with Gasteiger partial charge in [-0.3, -0.25) is 4.79 Å². The van der Waals surface area contributed by atoms with Crippen molar-refractivity contribution in [3.05, 3.63) is 0 Å². The molecule has 0 radical (unpaired) electrons. The fraction of sp³-hybridized carbons (Fsp3) is 0.833. The monoisotopic (exact) mass is 241 g/mol. The van der Waals surface area contributed by atoms with E-state index in [9.17, 15) is 9.59 Å². The third-order valence-corrected chi connectivity index (χ3v) is 3.56. The number of carboxylic acid groups (broad SMARTS) is 1. The number of rotatable bonds is 5. The summed E-state index contributed by atoms with van der Waals surface area (Å²) in [7, 11) is 0. The van der Waals surface area contributed by atoms with Crippen LogP contribution in [-0.2, 0) is 14.3 Å². The Morgan fingerprint density at radius 1 is 1.47 bits per heavy atom. The molecule has 0 aromatic rings. The molecule has 0 spiro atoms. The predicted octanol–water partition coefficient (Wildman–Crippen LogP) is 1.02. The molecule has 2 saturated heterocycles. The maximum absolute atomic E-state index is 11.5. The molecule has 1 amide bonds. The Balaban J connectivity index is 1.76. The number of aliphatic carboxylic acids is 1. The van der Waals surface area contributed by atoms with E-state index in [2.05, 4.69) is 0 Å². The van der Waals surface area contributed by atoms with Crippen LogP contribution in [0, 0.1) is 0 Å². The Bertz CT molecular complexity index is 299. The maximum Gasteiger partial charge on any atom is 0.326 e. The molecule has 5 nitrogen and oxygen atoms in total. The van der Waals surface area contributed by atoms with Crippen LogP contribution >= 0.6 is 0 Å². The van der Waals surface area contributed by atoms with Crippen LogP contribution in [0.15, 0.2) is 0 Å². The second kappa shape index (κ2) is 5.49. The minimum atomic E-state index is -0.882. The minimum absolute atomic E-state index is 0.0234. The number of hydrogen-bond donors (Lipinski definition) is 1. The Hall–Kier alpha value is -1.10. The lowest BCUT2D eigenvalue weighted by molar-refractivity contribution is -0.146. The van der Waals surface area contributed by atoms with Crippen molar-refractivity contribution >= 4 is 11.9 Å². The van der Waals surface area contributed by atoms with Gasteiger partial charge in [-0.05, 0) is 32.1 Å². The average Bonchev–Trinajstić information content (AvgIpc) is 2.89. The van der Waals surface area contributed by atoms with Crippen LogP contribution in [0.25, 0.3) is 0 Å². The van der Waals surface area contributed by atoms with Gasteiger partial charge >= 0.3 is 5.97 Å². The third-order valence-electron chi connectivity index (χ3n) is 3.56. The Labute approximate surface area is 101 Å². The SMILES string of the molecule is O=C(O)C1CCC(=O)N1CCCC1CCCO1. The molecule has 2 unspecified atom stereocenters. The number of hydrogen-bond acceptors (Lipinski definition) is 3. The van der Waals surface area contributed by atoms with Gasteiger partial charge in [0.25, 0.3) is 0 Å². The molecule has 2 heterocycles. The van der Waals surface area contributed by atoms with E-state index < -0.39 is 12.0 Å². The maximum atomic E-state index is 11.5. The molecule has 17 heavy (non-hydrogen) atoms. The van der Waals surface area contributed by atoms with E-state index in [4.69, 9.17) is 9.84 Å². The number of carbonyl (C=O) groups excluding carboxylic acids is 1. The van der Waals surface area contributed by atoms with E-state index >= 15 is 0 Å². The molecule has 2 fully saturated rings. The zero-order chi connectivity index (χ0) is 12.3. The summed E-state index contributed by atoms with van der Waals surface area (Å²) in [6, 6.07) is -0.605. The van der Waals surface area contributed by atoms with Gasteiger partial charge in [-0.2, -0.15) is 0 Å². The molecule has 1 N–H and O–H groups in total. The molecule has 2 aliphatic heterocycles. The number of carboxylic acids is 1. The van der Waals surface area contributed by atoms with Gasteiger partial charge in [0, 0.05) is 19.6 Å². The highest BCUT2D eigenvalue weighted by atomic mass is 16.5. The van der Waals surface area contributed by atoms with Crippen molar-refractivity contribution in [3.63, 3.8) is 0 Å². The van der Waals surface area contributed by atoms with Crippen LogP contribution in [0.1, 0.15) is 38.5 Å². The Kier molecular flexibility index (Phi) is 3.99. The second-order valence-corrected chi connectivity index (χ2v) is 4.76. The van der Waals surface area contributed by atoms with Crippen LogP contribution < -0.4 is 0 Å². The lowest BCUT2D eigenvalue weighted by atomic mass is 10.1. The van der Waals surface area contributed by atoms with Crippen LogP contribution in [0.5, 0.6) is 0 Å². The predicted molar refractivity (Wildman–Crippen MR) is 60.6 cm³/mol. The molecule has 0 aromatic carbocycles. The summed E-state index contributed by atoms with van der Waals surface area (Å²) < 4.78 is 5.50. The van der Waals surface area contributed by atoms with Crippen molar-refractivity contribution < 1.29 is 19.4 Å². The fourth-order valence-corrected chi connectivity index (χ4v) is 2.63. The lowest BCUT2D eigenvalue weighted by Gasteiger charge is -2.22.